The molecule has 3 aromatic rings. The minimum Gasteiger partial charge on any atom is -0.310 e. The van der Waals surface area contributed by atoms with Gasteiger partial charge in [-0.1, -0.05) is 6.07 Å². The third-order valence-corrected chi connectivity index (χ3v) is 4.18. The van der Waals surface area contributed by atoms with E-state index in [4.69, 9.17) is 0 Å². The lowest BCUT2D eigenvalue weighted by atomic mass is 10.1. The Balaban J connectivity index is 1.68. The van der Waals surface area contributed by atoms with E-state index in [9.17, 15) is 8.78 Å². The summed E-state index contributed by atoms with van der Waals surface area (Å²) in [6.07, 6.45) is 4.25. The zero-order valence-electron chi connectivity index (χ0n) is 14.2. The van der Waals surface area contributed by atoms with Gasteiger partial charge in [-0.25, -0.2) is 8.78 Å². The molecule has 0 amide bonds. The maximum atomic E-state index is 14.0. The molecule has 2 heterocycles. The average molecular weight is 342 g/mol. The van der Waals surface area contributed by atoms with E-state index < -0.39 is 11.6 Å². The zero-order chi connectivity index (χ0) is 17.8. The summed E-state index contributed by atoms with van der Waals surface area (Å²) in [7, 11) is 0. The van der Waals surface area contributed by atoms with Gasteiger partial charge in [-0.15, -0.1) is 0 Å². The van der Waals surface area contributed by atoms with Gasteiger partial charge >= 0.3 is 0 Å². The first-order valence-corrected chi connectivity index (χ1v) is 8.16. The Kier molecular flexibility index (Phi) is 5.19. The highest BCUT2D eigenvalue weighted by molar-refractivity contribution is 5.63. The van der Waals surface area contributed by atoms with E-state index in [0.717, 1.165) is 29.3 Å². The van der Waals surface area contributed by atoms with E-state index in [1.54, 1.807) is 12.4 Å². The minimum atomic E-state index is -0.609. The molecule has 2 aromatic heterocycles. The molecule has 0 spiro atoms. The van der Waals surface area contributed by atoms with Crippen LogP contribution in [0, 0.1) is 18.6 Å². The third kappa shape index (κ3) is 4.09. The molecule has 1 unspecified atom stereocenters. The van der Waals surface area contributed by atoms with Crippen LogP contribution in [0.25, 0.3) is 11.3 Å². The molecule has 0 saturated heterocycles. The van der Waals surface area contributed by atoms with Crippen LogP contribution in [0.5, 0.6) is 0 Å². The SMILES string of the molecule is Cc1cccnc1CC(C)NCc1cn[nH]c1-c1ccc(F)cc1F. The predicted molar refractivity (Wildman–Crippen MR) is 92.9 cm³/mol. The fraction of sp³-hybridized carbons (Fsp3) is 0.263. The fourth-order valence-corrected chi connectivity index (χ4v) is 2.75. The van der Waals surface area contributed by atoms with Gasteiger partial charge in [0.2, 0.25) is 0 Å². The summed E-state index contributed by atoms with van der Waals surface area (Å²) >= 11 is 0. The van der Waals surface area contributed by atoms with Crippen LogP contribution in [-0.2, 0) is 13.0 Å². The number of nitrogens with one attached hydrogen (secondary N) is 2. The van der Waals surface area contributed by atoms with Crippen molar-refractivity contribution in [2.75, 3.05) is 0 Å². The summed E-state index contributed by atoms with van der Waals surface area (Å²) in [5.74, 6) is -1.21. The number of aryl methyl sites for hydroxylation is 1. The lowest BCUT2D eigenvalue weighted by Crippen LogP contribution is -2.28. The molecule has 0 aliphatic rings. The lowest BCUT2D eigenvalue weighted by Gasteiger charge is -2.15. The monoisotopic (exact) mass is 342 g/mol. The number of benzene rings is 1. The molecule has 6 heteroatoms. The summed E-state index contributed by atoms with van der Waals surface area (Å²) in [6, 6.07) is 7.69. The van der Waals surface area contributed by atoms with Gasteiger partial charge in [-0.2, -0.15) is 5.10 Å². The summed E-state index contributed by atoms with van der Waals surface area (Å²) in [5.41, 5.74) is 3.92. The number of aromatic nitrogens is 3. The second kappa shape index (κ2) is 7.53. The molecule has 130 valence electrons. The number of halogens is 2. The lowest BCUT2D eigenvalue weighted by molar-refractivity contribution is 0.539. The highest BCUT2D eigenvalue weighted by Gasteiger charge is 2.14. The molecular weight excluding hydrogens is 322 g/mol. The Labute approximate surface area is 145 Å². The van der Waals surface area contributed by atoms with Gasteiger partial charge in [0.15, 0.2) is 0 Å². The van der Waals surface area contributed by atoms with Crippen molar-refractivity contribution in [2.45, 2.75) is 32.9 Å². The molecule has 1 atom stereocenters. The summed E-state index contributed by atoms with van der Waals surface area (Å²) in [5, 5.41) is 10.2. The quantitative estimate of drug-likeness (QED) is 0.717. The number of hydrogen-bond acceptors (Lipinski definition) is 3. The van der Waals surface area contributed by atoms with Crippen molar-refractivity contribution < 1.29 is 8.78 Å². The Bertz CT molecular complexity index is 860. The van der Waals surface area contributed by atoms with Crippen LogP contribution in [0.4, 0.5) is 8.78 Å². The molecule has 4 nitrogen and oxygen atoms in total. The van der Waals surface area contributed by atoms with E-state index in [0.29, 0.717) is 17.8 Å². The Morgan fingerprint density at radius 2 is 2.08 bits per heavy atom. The van der Waals surface area contributed by atoms with Crippen molar-refractivity contribution in [3.63, 3.8) is 0 Å². The smallest absolute Gasteiger partial charge is 0.135 e. The van der Waals surface area contributed by atoms with E-state index in [-0.39, 0.29) is 6.04 Å². The maximum absolute atomic E-state index is 14.0. The van der Waals surface area contributed by atoms with Crippen LogP contribution in [0.2, 0.25) is 0 Å². The number of nitrogens with zero attached hydrogens (tertiary/aromatic N) is 2. The minimum absolute atomic E-state index is 0.189. The van der Waals surface area contributed by atoms with Gasteiger partial charge < -0.3 is 5.32 Å². The van der Waals surface area contributed by atoms with E-state index in [2.05, 4.69) is 27.4 Å². The van der Waals surface area contributed by atoms with Crippen LogP contribution in [0.3, 0.4) is 0 Å². The van der Waals surface area contributed by atoms with Crippen molar-refractivity contribution >= 4 is 0 Å². The highest BCUT2D eigenvalue weighted by Crippen LogP contribution is 2.24. The van der Waals surface area contributed by atoms with Crippen molar-refractivity contribution in [1.29, 1.82) is 0 Å². The Morgan fingerprint density at radius 3 is 2.84 bits per heavy atom. The predicted octanol–water partition coefficient (Wildman–Crippen LogP) is 3.78. The van der Waals surface area contributed by atoms with Crippen molar-refractivity contribution in [2.24, 2.45) is 0 Å². The van der Waals surface area contributed by atoms with Gasteiger partial charge in [-0.05, 0) is 37.6 Å². The van der Waals surface area contributed by atoms with Crippen molar-refractivity contribution in [3.05, 3.63) is 71.2 Å². The topological polar surface area (TPSA) is 53.6 Å². The van der Waals surface area contributed by atoms with Crippen LogP contribution >= 0.6 is 0 Å². The number of rotatable bonds is 6. The second-order valence-electron chi connectivity index (χ2n) is 6.15. The van der Waals surface area contributed by atoms with E-state index in [1.807, 2.05) is 19.1 Å². The molecule has 0 aliphatic carbocycles. The number of aromatic amines is 1. The van der Waals surface area contributed by atoms with Gasteiger partial charge in [0, 0.05) is 48.1 Å². The summed E-state index contributed by atoms with van der Waals surface area (Å²) in [4.78, 5) is 4.40. The molecule has 0 fully saturated rings. The first kappa shape index (κ1) is 17.2. The average Bonchev–Trinajstić information content (AvgIpc) is 3.03. The fourth-order valence-electron chi connectivity index (χ4n) is 2.75. The number of hydrogen-bond donors (Lipinski definition) is 2. The third-order valence-electron chi connectivity index (χ3n) is 4.18. The summed E-state index contributed by atoms with van der Waals surface area (Å²) in [6.45, 7) is 4.64. The molecule has 0 bridgehead atoms. The van der Waals surface area contributed by atoms with Crippen LogP contribution < -0.4 is 5.32 Å². The van der Waals surface area contributed by atoms with Gasteiger partial charge in [0.25, 0.3) is 0 Å². The van der Waals surface area contributed by atoms with Crippen molar-refractivity contribution in [3.8, 4) is 11.3 Å². The molecule has 3 rings (SSSR count). The van der Waals surface area contributed by atoms with Crippen LogP contribution in [-0.4, -0.2) is 21.2 Å². The second-order valence-corrected chi connectivity index (χ2v) is 6.15. The molecule has 25 heavy (non-hydrogen) atoms. The molecule has 0 aliphatic heterocycles. The van der Waals surface area contributed by atoms with E-state index >= 15 is 0 Å². The van der Waals surface area contributed by atoms with Crippen LogP contribution in [0.15, 0.2) is 42.7 Å². The maximum Gasteiger partial charge on any atom is 0.135 e. The molecular formula is C19H20F2N4. The standard InChI is InChI=1S/C19H20F2N4/c1-12-4-3-7-22-18(12)8-13(2)23-10-14-11-24-25-19(14)16-6-5-15(20)9-17(16)21/h3-7,9,11,13,23H,8,10H2,1-2H3,(H,24,25). The van der Waals surface area contributed by atoms with Crippen molar-refractivity contribution in [1.82, 2.24) is 20.5 Å². The summed E-state index contributed by atoms with van der Waals surface area (Å²) < 4.78 is 27.1. The molecule has 0 radical (unpaired) electrons. The van der Waals surface area contributed by atoms with Gasteiger partial charge in [0.05, 0.1) is 11.9 Å². The molecule has 1 aromatic carbocycles. The van der Waals surface area contributed by atoms with Gasteiger partial charge in [0.1, 0.15) is 11.6 Å². The first-order chi connectivity index (χ1) is 12.0. The Morgan fingerprint density at radius 1 is 1.24 bits per heavy atom. The number of H-pyrrole nitrogens is 1. The first-order valence-electron chi connectivity index (χ1n) is 8.16. The van der Waals surface area contributed by atoms with Crippen LogP contribution in [0.1, 0.15) is 23.7 Å². The highest BCUT2D eigenvalue weighted by atomic mass is 19.1. The number of pyridine rings is 1. The largest absolute Gasteiger partial charge is 0.310 e. The van der Waals surface area contributed by atoms with Gasteiger partial charge in [-0.3, -0.25) is 10.1 Å². The van der Waals surface area contributed by atoms with E-state index in [1.165, 1.54) is 12.1 Å². The Hall–Kier alpha value is -2.60. The normalized spacial score (nSPS) is 12.3. The molecule has 0 saturated carbocycles. The molecule has 2 N–H and O–H groups in total. The zero-order valence-corrected chi connectivity index (χ0v) is 14.2.